The molecule has 0 radical (unpaired) electrons. The number of halogens is 2. The molecule has 0 saturated carbocycles. The maximum atomic E-state index is 13.5. The number of nitro benzene ring substituents is 2. The van der Waals surface area contributed by atoms with Gasteiger partial charge in [0, 0.05) is 0 Å². The summed E-state index contributed by atoms with van der Waals surface area (Å²) in [6, 6.07) is 5.71. The first-order chi connectivity index (χ1) is 12.2. The number of ketones is 2. The minimum absolute atomic E-state index is 0.596. The van der Waals surface area contributed by atoms with Gasteiger partial charge in [0.2, 0.25) is 11.6 Å². The van der Waals surface area contributed by atoms with Crippen LogP contribution >= 0.6 is 0 Å². The van der Waals surface area contributed by atoms with Crippen molar-refractivity contribution in [1.29, 1.82) is 0 Å². The summed E-state index contributed by atoms with van der Waals surface area (Å²) in [5.74, 6) is -4.60. The van der Waals surface area contributed by atoms with Gasteiger partial charge >= 0.3 is 11.4 Å². The molecule has 132 valence electrons. The van der Waals surface area contributed by atoms with Crippen molar-refractivity contribution in [3.63, 3.8) is 0 Å². The van der Waals surface area contributed by atoms with E-state index in [0.29, 0.717) is 12.2 Å². The molecule has 10 heteroatoms. The number of nitro groups is 2. The van der Waals surface area contributed by atoms with Crippen LogP contribution in [0.25, 0.3) is 0 Å². The Morgan fingerprint density at radius 2 is 1.12 bits per heavy atom. The highest BCUT2D eigenvalue weighted by Gasteiger charge is 2.25. The molecule has 2 aromatic carbocycles. The Balaban J connectivity index is 2.38. The lowest BCUT2D eigenvalue weighted by Crippen LogP contribution is -2.06. The number of hydrogen-bond donors (Lipinski definition) is 0. The second-order valence-electron chi connectivity index (χ2n) is 4.85. The molecule has 2 aromatic rings. The summed E-state index contributed by atoms with van der Waals surface area (Å²) in [5.41, 5.74) is -3.33. The minimum atomic E-state index is -1.23. The third-order valence-corrected chi connectivity index (χ3v) is 3.26. The van der Waals surface area contributed by atoms with E-state index in [4.69, 9.17) is 0 Å². The zero-order valence-electron chi connectivity index (χ0n) is 12.7. The van der Waals surface area contributed by atoms with E-state index < -0.39 is 55.5 Å². The number of para-hydroxylation sites is 2. The fraction of sp³-hybridized carbons (Fsp3) is 0. The predicted octanol–water partition coefficient (Wildman–Crippen LogP) is 3.40. The maximum Gasteiger partial charge on any atom is 0.315 e. The molecule has 0 unspecified atom stereocenters. The van der Waals surface area contributed by atoms with Crippen molar-refractivity contribution >= 4 is 22.9 Å². The standard InChI is InChI=1S/C16H8F2N2O6/c17-11-5-1-3-9(15(11)19(23)24)13(21)7-8-14(22)10-4-2-6-12(18)16(10)20(25)26/h1-8H. The molecule has 0 aliphatic rings. The largest absolute Gasteiger partial charge is 0.315 e. The van der Waals surface area contributed by atoms with Crippen molar-refractivity contribution < 1.29 is 28.2 Å². The van der Waals surface area contributed by atoms with Gasteiger partial charge in [0.25, 0.3) is 0 Å². The van der Waals surface area contributed by atoms with Crippen LogP contribution in [0, 0.1) is 31.9 Å². The van der Waals surface area contributed by atoms with Gasteiger partial charge in [0.05, 0.1) is 9.85 Å². The molecular weight excluding hydrogens is 354 g/mol. The van der Waals surface area contributed by atoms with E-state index in [0.717, 1.165) is 36.4 Å². The topological polar surface area (TPSA) is 120 Å². The average molecular weight is 362 g/mol. The van der Waals surface area contributed by atoms with Crippen molar-refractivity contribution in [2.75, 3.05) is 0 Å². The number of carbonyl (C=O) groups excluding carboxylic acids is 2. The molecule has 0 amide bonds. The molecule has 0 heterocycles. The fourth-order valence-electron chi connectivity index (χ4n) is 2.13. The van der Waals surface area contributed by atoms with Crippen molar-refractivity contribution in [2.24, 2.45) is 0 Å². The highest BCUT2D eigenvalue weighted by Crippen LogP contribution is 2.25. The summed E-state index contributed by atoms with van der Waals surface area (Å²) in [7, 11) is 0. The first-order valence-electron chi connectivity index (χ1n) is 6.86. The molecule has 0 spiro atoms. The van der Waals surface area contributed by atoms with Gasteiger partial charge in [-0.05, 0) is 36.4 Å². The fourth-order valence-corrected chi connectivity index (χ4v) is 2.13. The van der Waals surface area contributed by atoms with Crippen LogP contribution in [-0.2, 0) is 0 Å². The first-order valence-corrected chi connectivity index (χ1v) is 6.86. The molecule has 0 fully saturated rings. The second-order valence-corrected chi connectivity index (χ2v) is 4.85. The van der Waals surface area contributed by atoms with E-state index >= 15 is 0 Å². The van der Waals surface area contributed by atoms with E-state index in [9.17, 15) is 38.6 Å². The molecule has 8 nitrogen and oxygen atoms in total. The Morgan fingerprint density at radius 1 is 0.769 bits per heavy atom. The first kappa shape index (κ1) is 18.5. The van der Waals surface area contributed by atoms with E-state index in [1.54, 1.807) is 0 Å². The Morgan fingerprint density at radius 3 is 1.42 bits per heavy atom. The molecule has 0 aliphatic carbocycles. The number of carbonyl (C=O) groups is 2. The second kappa shape index (κ2) is 7.38. The summed E-state index contributed by atoms with van der Waals surface area (Å²) in [6.45, 7) is 0. The monoisotopic (exact) mass is 362 g/mol. The van der Waals surface area contributed by atoms with E-state index in [1.807, 2.05) is 0 Å². The third kappa shape index (κ3) is 3.64. The predicted molar refractivity (Wildman–Crippen MR) is 83.9 cm³/mol. The van der Waals surface area contributed by atoms with Crippen LogP contribution in [0.2, 0.25) is 0 Å². The molecule has 26 heavy (non-hydrogen) atoms. The smallest absolute Gasteiger partial charge is 0.289 e. The number of nitrogens with zero attached hydrogens (tertiary/aromatic N) is 2. The molecule has 0 atom stereocenters. The molecule has 0 aromatic heterocycles. The number of hydrogen-bond acceptors (Lipinski definition) is 6. The summed E-state index contributed by atoms with van der Waals surface area (Å²) in [5, 5.41) is 21.7. The van der Waals surface area contributed by atoms with Crippen LogP contribution in [-0.4, -0.2) is 21.4 Å². The quantitative estimate of drug-likeness (QED) is 0.336. The molecular formula is C16H8F2N2O6. The Hall–Kier alpha value is -3.82. The lowest BCUT2D eigenvalue weighted by Gasteiger charge is -2.01. The summed E-state index contributed by atoms with van der Waals surface area (Å²) in [4.78, 5) is 43.6. The van der Waals surface area contributed by atoms with Crippen molar-refractivity contribution in [1.82, 2.24) is 0 Å². The van der Waals surface area contributed by atoms with Gasteiger partial charge in [-0.1, -0.05) is 12.1 Å². The molecule has 0 bridgehead atoms. The molecule has 0 N–H and O–H groups in total. The number of rotatable bonds is 6. The Labute approximate surface area is 143 Å². The van der Waals surface area contributed by atoms with Crippen molar-refractivity contribution in [2.45, 2.75) is 0 Å². The van der Waals surface area contributed by atoms with Crippen LogP contribution in [0.5, 0.6) is 0 Å². The van der Waals surface area contributed by atoms with Crippen LogP contribution in [0.15, 0.2) is 48.6 Å². The molecule has 0 saturated heterocycles. The lowest BCUT2D eigenvalue weighted by molar-refractivity contribution is -0.387. The zero-order chi connectivity index (χ0) is 19.4. The van der Waals surface area contributed by atoms with Gasteiger partial charge < -0.3 is 0 Å². The number of benzene rings is 2. The number of allylic oxidation sites excluding steroid dienone is 2. The van der Waals surface area contributed by atoms with Gasteiger partial charge in [-0.15, -0.1) is 0 Å². The van der Waals surface area contributed by atoms with Crippen LogP contribution in [0.4, 0.5) is 20.2 Å². The molecule has 0 aliphatic heterocycles. The normalized spacial score (nSPS) is 10.7. The van der Waals surface area contributed by atoms with Crippen LogP contribution < -0.4 is 0 Å². The van der Waals surface area contributed by atoms with Gasteiger partial charge in [-0.25, -0.2) is 0 Å². The lowest BCUT2D eigenvalue weighted by atomic mass is 10.0. The zero-order valence-corrected chi connectivity index (χ0v) is 12.7. The summed E-state index contributed by atoms with van der Waals surface area (Å²) in [6.07, 6.45) is 1.19. The van der Waals surface area contributed by atoms with Crippen molar-refractivity contribution in [3.8, 4) is 0 Å². The molecule has 2 rings (SSSR count). The van der Waals surface area contributed by atoms with Crippen LogP contribution in [0.1, 0.15) is 20.7 Å². The third-order valence-electron chi connectivity index (χ3n) is 3.26. The van der Waals surface area contributed by atoms with Gasteiger partial charge in [-0.3, -0.25) is 29.8 Å². The van der Waals surface area contributed by atoms with Gasteiger partial charge in [-0.2, -0.15) is 8.78 Å². The summed E-state index contributed by atoms with van der Waals surface area (Å²) < 4.78 is 27.0. The van der Waals surface area contributed by atoms with Crippen LogP contribution in [0.3, 0.4) is 0 Å². The Kier molecular flexibility index (Phi) is 5.26. The maximum absolute atomic E-state index is 13.5. The Bertz CT molecular complexity index is 894. The van der Waals surface area contributed by atoms with Crippen molar-refractivity contribution in [3.05, 3.63) is 91.5 Å². The van der Waals surface area contributed by atoms with E-state index in [1.165, 1.54) is 0 Å². The average Bonchev–Trinajstić information content (AvgIpc) is 2.58. The van der Waals surface area contributed by atoms with Gasteiger partial charge in [0.15, 0.2) is 11.6 Å². The van der Waals surface area contributed by atoms with E-state index in [2.05, 4.69) is 0 Å². The van der Waals surface area contributed by atoms with Gasteiger partial charge in [0.1, 0.15) is 11.1 Å². The van der Waals surface area contributed by atoms with E-state index in [-0.39, 0.29) is 0 Å². The highest BCUT2D eigenvalue weighted by molar-refractivity contribution is 6.14. The SMILES string of the molecule is O=C(C=CC(=O)c1cccc(F)c1[N+](=O)[O-])c1cccc(F)c1[N+](=O)[O-]. The highest BCUT2D eigenvalue weighted by atomic mass is 19.1. The summed E-state index contributed by atoms with van der Waals surface area (Å²) >= 11 is 0. The minimum Gasteiger partial charge on any atom is -0.289 e.